The molecule has 2 heterocycles. The number of thiophene rings is 1. The average Bonchev–Trinajstić information content (AvgIpc) is 2.93. The van der Waals surface area contributed by atoms with Crippen molar-refractivity contribution >= 4 is 47.1 Å². The van der Waals surface area contributed by atoms with Gasteiger partial charge in [0, 0.05) is 43.6 Å². The number of guanidine groups is 1. The van der Waals surface area contributed by atoms with Crippen molar-refractivity contribution in [3.05, 3.63) is 45.8 Å². The maximum Gasteiger partial charge on any atom is 0.191 e. The highest BCUT2D eigenvalue weighted by molar-refractivity contribution is 14.0. The van der Waals surface area contributed by atoms with Crippen LogP contribution in [0.4, 0.5) is 5.82 Å². The molecule has 2 rings (SSSR count). The van der Waals surface area contributed by atoms with Crippen molar-refractivity contribution in [3.63, 3.8) is 0 Å². The zero-order valence-corrected chi connectivity index (χ0v) is 17.1. The molecular weight excluding hydrogens is 421 g/mol. The molecule has 0 atom stereocenters. The maximum atomic E-state index is 4.32. The first-order chi connectivity index (χ1) is 10.6. The Bertz CT molecular complexity index is 639. The van der Waals surface area contributed by atoms with Gasteiger partial charge in [0.1, 0.15) is 5.82 Å². The quantitative estimate of drug-likeness (QED) is 0.422. The lowest BCUT2D eigenvalue weighted by Gasteiger charge is -2.14. The molecule has 23 heavy (non-hydrogen) atoms. The minimum absolute atomic E-state index is 0. The summed E-state index contributed by atoms with van der Waals surface area (Å²) in [4.78, 5) is 13.2. The van der Waals surface area contributed by atoms with Crippen molar-refractivity contribution in [1.82, 2.24) is 15.6 Å². The standard InChI is InChI=1S/C16H23N5S.HI/c1-12-5-6-14(22-12)11-20-16(17-2)19-10-13-7-8-18-15(9-13)21(3)4;/h5-9H,10-11H2,1-4H3,(H2,17,19,20);1H. The number of hydrogen-bond donors (Lipinski definition) is 2. The number of halogens is 1. The number of hydrogen-bond acceptors (Lipinski definition) is 4. The minimum atomic E-state index is 0. The number of nitrogens with zero attached hydrogens (tertiary/aromatic N) is 3. The topological polar surface area (TPSA) is 52.6 Å². The molecular formula is C16H24IN5S. The van der Waals surface area contributed by atoms with Gasteiger partial charge in [-0.05, 0) is 36.8 Å². The van der Waals surface area contributed by atoms with Gasteiger partial charge in [-0.15, -0.1) is 35.3 Å². The molecule has 0 radical (unpaired) electrons. The Morgan fingerprint density at radius 1 is 1.22 bits per heavy atom. The number of aliphatic imine (C=N–C) groups is 1. The van der Waals surface area contributed by atoms with E-state index in [1.807, 2.05) is 31.3 Å². The molecule has 2 aromatic heterocycles. The lowest BCUT2D eigenvalue weighted by atomic mass is 10.2. The highest BCUT2D eigenvalue weighted by atomic mass is 127. The molecule has 0 aliphatic heterocycles. The number of rotatable bonds is 5. The van der Waals surface area contributed by atoms with Gasteiger partial charge in [0.05, 0.1) is 6.54 Å². The lowest BCUT2D eigenvalue weighted by molar-refractivity contribution is 0.814. The Balaban J connectivity index is 0.00000264. The van der Waals surface area contributed by atoms with Crippen molar-refractivity contribution in [2.24, 2.45) is 4.99 Å². The van der Waals surface area contributed by atoms with E-state index in [2.05, 4.69) is 45.7 Å². The van der Waals surface area contributed by atoms with Crippen LogP contribution < -0.4 is 15.5 Å². The van der Waals surface area contributed by atoms with Gasteiger partial charge in [-0.2, -0.15) is 0 Å². The Hall–Kier alpha value is -1.35. The molecule has 2 aromatic rings. The fraction of sp³-hybridized carbons (Fsp3) is 0.375. The molecule has 0 aliphatic carbocycles. The molecule has 126 valence electrons. The molecule has 0 aliphatic rings. The van der Waals surface area contributed by atoms with E-state index in [1.54, 1.807) is 18.4 Å². The molecule has 2 N–H and O–H groups in total. The summed E-state index contributed by atoms with van der Waals surface area (Å²) < 4.78 is 0. The van der Waals surface area contributed by atoms with Gasteiger partial charge in [-0.1, -0.05) is 0 Å². The van der Waals surface area contributed by atoms with Crippen molar-refractivity contribution < 1.29 is 0 Å². The third-order valence-electron chi connectivity index (χ3n) is 3.18. The third kappa shape index (κ3) is 6.34. The van der Waals surface area contributed by atoms with Crippen LogP contribution in [-0.2, 0) is 13.1 Å². The molecule has 0 fully saturated rings. The van der Waals surface area contributed by atoms with Gasteiger partial charge in [0.25, 0.3) is 0 Å². The Morgan fingerprint density at radius 2 is 1.96 bits per heavy atom. The van der Waals surface area contributed by atoms with Gasteiger partial charge in [-0.25, -0.2) is 4.98 Å². The molecule has 0 saturated heterocycles. The highest BCUT2D eigenvalue weighted by Gasteiger charge is 2.02. The first-order valence-electron chi connectivity index (χ1n) is 7.20. The molecule has 7 heteroatoms. The van der Waals surface area contributed by atoms with Crippen LogP contribution in [0, 0.1) is 6.92 Å². The van der Waals surface area contributed by atoms with Crippen LogP contribution in [0.3, 0.4) is 0 Å². The number of nitrogens with one attached hydrogen (secondary N) is 2. The third-order valence-corrected chi connectivity index (χ3v) is 4.18. The summed E-state index contributed by atoms with van der Waals surface area (Å²) in [7, 11) is 5.76. The Labute approximate surface area is 159 Å². The second-order valence-corrected chi connectivity index (χ2v) is 6.58. The molecule has 0 bridgehead atoms. The summed E-state index contributed by atoms with van der Waals surface area (Å²) in [5.41, 5.74) is 1.17. The van der Waals surface area contributed by atoms with Crippen LogP contribution in [-0.4, -0.2) is 32.1 Å². The highest BCUT2D eigenvalue weighted by Crippen LogP contribution is 2.14. The Morgan fingerprint density at radius 3 is 2.57 bits per heavy atom. The van der Waals surface area contributed by atoms with E-state index in [-0.39, 0.29) is 24.0 Å². The Kier molecular flexibility index (Phi) is 8.32. The monoisotopic (exact) mass is 445 g/mol. The van der Waals surface area contributed by atoms with Crippen molar-refractivity contribution in [2.45, 2.75) is 20.0 Å². The van der Waals surface area contributed by atoms with Crippen LogP contribution >= 0.6 is 35.3 Å². The van der Waals surface area contributed by atoms with E-state index >= 15 is 0 Å². The zero-order valence-electron chi connectivity index (χ0n) is 14.0. The summed E-state index contributed by atoms with van der Waals surface area (Å²) >= 11 is 1.80. The average molecular weight is 445 g/mol. The second-order valence-electron chi connectivity index (χ2n) is 5.21. The summed E-state index contributed by atoms with van der Waals surface area (Å²) in [5, 5.41) is 6.66. The SMILES string of the molecule is CN=C(NCc1ccnc(N(C)C)c1)NCc1ccc(C)s1.I. The number of aromatic nitrogens is 1. The van der Waals surface area contributed by atoms with E-state index in [4.69, 9.17) is 0 Å². The normalized spacial score (nSPS) is 10.9. The largest absolute Gasteiger partial charge is 0.363 e. The van der Waals surface area contributed by atoms with E-state index < -0.39 is 0 Å². The first kappa shape index (κ1) is 19.7. The van der Waals surface area contributed by atoms with E-state index in [0.29, 0.717) is 6.54 Å². The van der Waals surface area contributed by atoms with Crippen molar-refractivity contribution in [2.75, 3.05) is 26.0 Å². The molecule has 0 unspecified atom stereocenters. The van der Waals surface area contributed by atoms with Crippen LogP contribution in [0.5, 0.6) is 0 Å². The van der Waals surface area contributed by atoms with Crippen LogP contribution in [0.1, 0.15) is 15.3 Å². The van der Waals surface area contributed by atoms with Crippen molar-refractivity contribution in [1.29, 1.82) is 0 Å². The predicted octanol–water partition coefficient (Wildman–Crippen LogP) is 3.00. The molecule has 0 amide bonds. The van der Waals surface area contributed by atoms with Gasteiger partial charge in [0.2, 0.25) is 0 Å². The van der Waals surface area contributed by atoms with Crippen LogP contribution in [0.15, 0.2) is 35.5 Å². The summed E-state index contributed by atoms with van der Waals surface area (Å²) in [6.07, 6.45) is 1.83. The molecule has 0 spiro atoms. The van der Waals surface area contributed by atoms with Gasteiger partial charge in [-0.3, -0.25) is 4.99 Å². The number of anilines is 1. The van der Waals surface area contributed by atoms with E-state index in [1.165, 1.54) is 15.3 Å². The summed E-state index contributed by atoms with van der Waals surface area (Å²) in [6, 6.07) is 8.36. The van der Waals surface area contributed by atoms with Crippen LogP contribution in [0.2, 0.25) is 0 Å². The number of aryl methyl sites for hydroxylation is 1. The lowest BCUT2D eigenvalue weighted by Crippen LogP contribution is -2.36. The van der Waals surface area contributed by atoms with Gasteiger partial charge in [0.15, 0.2) is 5.96 Å². The maximum absolute atomic E-state index is 4.32. The molecule has 5 nitrogen and oxygen atoms in total. The summed E-state index contributed by atoms with van der Waals surface area (Å²) in [6.45, 7) is 3.62. The van der Waals surface area contributed by atoms with Gasteiger partial charge < -0.3 is 15.5 Å². The predicted molar refractivity (Wildman–Crippen MR) is 110 cm³/mol. The fourth-order valence-corrected chi connectivity index (χ4v) is 2.80. The summed E-state index contributed by atoms with van der Waals surface area (Å²) in [5.74, 6) is 1.76. The minimum Gasteiger partial charge on any atom is -0.363 e. The number of pyridine rings is 1. The van der Waals surface area contributed by atoms with Crippen LogP contribution in [0.25, 0.3) is 0 Å². The van der Waals surface area contributed by atoms with E-state index in [0.717, 1.165) is 18.3 Å². The smallest absolute Gasteiger partial charge is 0.191 e. The molecule has 0 saturated carbocycles. The van der Waals surface area contributed by atoms with E-state index in [9.17, 15) is 0 Å². The van der Waals surface area contributed by atoms with Crippen molar-refractivity contribution in [3.8, 4) is 0 Å². The zero-order chi connectivity index (χ0) is 15.9. The molecule has 0 aromatic carbocycles. The second kappa shape index (κ2) is 9.71. The fourth-order valence-electron chi connectivity index (χ4n) is 1.97. The van der Waals surface area contributed by atoms with Gasteiger partial charge >= 0.3 is 0 Å². The first-order valence-corrected chi connectivity index (χ1v) is 8.02.